The van der Waals surface area contributed by atoms with Gasteiger partial charge in [0.25, 0.3) is 0 Å². The fourth-order valence-corrected chi connectivity index (χ4v) is 3.22. The topological polar surface area (TPSA) is 46.5 Å². The largest absolute Gasteiger partial charge is 0.383 e. The van der Waals surface area contributed by atoms with E-state index in [1.807, 2.05) is 47.2 Å². The van der Waals surface area contributed by atoms with Crippen LogP contribution in [0.15, 0.2) is 60.8 Å². The molecule has 0 unspecified atom stereocenters. The minimum atomic E-state index is -1.02. The fraction of sp³-hybridized carbons (Fsp3) is 0.227. The number of benzene rings is 2. The van der Waals surface area contributed by atoms with E-state index in [1.54, 1.807) is 12.0 Å². The maximum absolute atomic E-state index is 13.5. The first-order chi connectivity index (χ1) is 14.5. The number of carbonyl (C=O) groups is 1. The number of carbonyl (C=O) groups excluding carboxylic acids is 1. The SMILES string of the molecule is COCCN(Cc1cccn1Cc1cccc(Cl)c1)C(=O)Nc1ccc(F)c(F)c1. The molecule has 0 saturated heterocycles. The van der Waals surface area contributed by atoms with Gasteiger partial charge in [0.1, 0.15) is 0 Å². The van der Waals surface area contributed by atoms with Crippen LogP contribution in [0.25, 0.3) is 0 Å². The zero-order valence-electron chi connectivity index (χ0n) is 16.4. The second kappa shape index (κ2) is 10.2. The normalized spacial score (nSPS) is 10.8. The maximum Gasteiger partial charge on any atom is 0.322 e. The number of nitrogens with one attached hydrogen (secondary N) is 1. The Kier molecular flexibility index (Phi) is 7.43. The Morgan fingerprint density at radius 2 is 1.97 bits per heavy atom. The number of halogens is 3. The molecule has 3 rings (SSSR count). The van der Waals surface area contributed by atoms with Crippen LogP contribution in [0.5, 0.6) is 0 Å². The smallest absolute Gasteiger partial charge is 0.322 e. The molecule has 8 heteroatoms. The summed E-state index contributed by atoms with van der Waals surface area (Å²) in [4.78, 5) is 14.3. The predicted octanol–water partition coefficient (Wildman–Crippen LogP) is 5.15. The fourth-order valence-electron chi connectivity index (χ4n) is 3.01. The molecule has 0 fully saturated rings. The molecule has 30 heavy (non-hydrogen) atoms. The summed E-state index contributed by atoms with van der Waals surface area (Å²) in [6, 6.07) is 14.2. The van der Waals surface area contributed by atoms with Crippen molar-refractivity contribution in [2.24, 2.45) is 0 Å². The Labute approximate surface area is 178 Å². The summed E-state index contributed by atoms with van der Waals surface area (Å²) in [5.41, 5.74) is 2.12. The van der Waals surface area contributed by atoms with E-state index in [4.69, 9.17) is 16.3 Å². The van der Waals surface area contributed by atoms with Gasteiger partial charge >= 0.3 is 6.03 Å². The van der Waals surface area contributed by atoms with Crippen molar-refractivity contribution in [3.05, 3.63) is 88.7 Å². The van der Waals surface area contributed by atoms with E-state index in [1.165, 1.54) is 6.07 Å². The number of urea groups is 1. The second-order valence-electron chi connectivity index (χ2n) is 6.73. The molecule has 0 atom stereocenters. The molecule has 0 spiro atoms. The molecule has 1 heterocycles. The lowest BCUT2D eigenvalue weighted by Gasteiger charge is -2.24. The highest BCUT2D eigenvalue weighted by Crippen LogP contribution is 2.17. The minimum absolute atomic E-state index is 0.177. The molecular formula is C22H22ClF2N3O2. The molecule has 0 aliphatic heterocycles. The van der Waals surface area contributed by atoms with Gasteiger partial charge in [-0.25, -0.2) is 13.6 Å². The quantitative estimate of drug-likeness (QED) is 0.534. The van der Waals surface area contributed by atoms with E-state index in [0.29, 0.717) is 31.3 Å². The van der Waals surface area contributed by atoms with Crippen molar-refractivity contribution in [1.29, 1.82) is 0 Å². The molecule has 0 aliphatic rings. The lowest BCUT2D eigenvalue weighted by Crippen LogP contribution is -2.37. The summed E-state index contributed by atoms with van der Waals surface area (Å²) in [6.07, 6.45) is 1.93. The number of aromatic nitrogens is 1. The van der Waals surface area contributed by atoms with Crippen LogP contribution < -0.4 is 5.32 Å². The van der Waals surface area contributed by atoms with Gasteiger partial charge in [0.2, 0.25) is 0 Å². The molecule has 1 N–H and O–H groups in total. The monoisotopic (exact) mass is 433 g/mol. The molecule has 0 saturated carbocycles. The zero-order valence-corrected chi connectivity index (χ0v) is 17.2. The number of hydrogen-bond acceptors (Lipinski definition) is 2. The number of anilines is 1. The molecule has 2 amide bonds. The molecular weight excluding hydrogens is 412 g/mol. The van der Waals surface area contributed by atoms with Crippen LogP contribution in [0, 0.1) is 11.6 Å². The first-order valence-corrected chi connectivity index (χ1v) is 9.72. The second-order valence-corrected chi connectivity index (χ2v) is 7.17. The van der Waals surface area contributed by atoms with Gasteiger partial charge in [0.15, 0.2) is 11.6 Å². The summed E-state index contributed by atoms with van der Waals surface area (Å²) >= 11 is 6.07. The van der Waals surface area contributed by atoms with Crippen LogP contribution in [-0.2, 0) is 17.8 Å². The third kappa shape index (κ3) is 5.81. The lowest BCUT2D eigenvalue weighted by molar-refractivity contribution is 0.152. The zero-order chi connectivity index (χ0) is 21.5. The van der Waals surface area contributed by atoms with Crippen LogP contribution >= 0.6 is 11.6 Å². The average Bonchev–Trinajstić information content (AvgIpc) is 3.14. The molecule has 0 aliphatic carbocycles. The lowest BCUT2D eigenvalue weighted by atomic mass is 10.2. The molecule has 158 valence electrons. The van der Waals surface area contributed by atoms with E-state index in [9.17, 15) is 13.6 Å². The summed E-state index contributed by atoms with van der Waals surface area (Å²) < 4.78 is 33.7. The van der Waals surface area contributed by atoms with Gasteiger partial charge in [0.05, 0.1) is 13.2 Å². The van der Waals surface area contributed by atoms with Gasteiger partial charge in [-0.2, -0.15) is 0 Å². The van der Waals surface area contributed by atoms with Gasteiger partial charge in [-0.15, -0.1) is 0 Å². The summed E-state index contributed by atoms with van der Waals surface area (Å²) in [5, 5.41) is 3.27. The summed E-state index contributed by atoms with van der Waals surface area (Å²) in [7, 11) is 1.55. The Morgan fingerprint density at radius 3 is 2.70 bits per heavy atom. The number of ether oxygens (including phenoxy) is 1. The molecule has 2 aromatic carbocycles. The Bertz CT molecular complexity index is 1010. The van der Waals surface area contributed by atoms with Gasteiger partial charge in [-0.1, -0.05) is 23.7 Å². The van der Waals surface area contributed by atoms with Crippen molar-refractivity contribution >= 4 is 23.3 Å². The van der Waals surface area contributed by atoms with Crippen LogP contribution in [0.1, 0.15) is 11.3 Å². The highest BCUT2D eigenvalue weighted by Gasteiger charge is 2.17. The maximum atomic E-state index is 13.5. The highest BCUT2D eigenvalue weighted by molar-refractivity contribution is 6.30. The van der Waals surface area contributed by atoms with E-state index >= 15 is 0 Å². The summed E-state index contributed by atoms with van der Waals surface area (Å²) in [5.74, 6) is -1.99. The van der Waals surface area contributed by atoms with Crippen molar-refractivity contribution in [1.82, 2.24) is 9.47 Å². The third-order valence-electron chi connectivity index (χ3n) is 4.54. The molecule has 0 radical (unpaired) electrons. The van der Waals surface area contributed by atoms with E-state index in [2.05, 4.69) is 5.32 Å². The molecule has 1 aromatic heterocycles. The standard InChI is InChI=1S/C22H22ClF2N3O2/c1-30-11-10-28(22(29)26-18-7-8-20(24)21(25)13-18)15-19-6-3-9-27(19)14-16-4-2-5-17(23)12-16/h2-9,12-13H,10-11,14-15H2,1H3,(H,26,29). The average molecular weight is 434 g/mol. The predicted molar refractivity (Wildman–Crippen MR) is 113 cm³/mol. The molecule has 5 nitrogen and oxygen atoms in total. The molecule has 0 bridgehead atoms. The van der Waals surface area contributed by atoms with Gasteiger partial charge in [-0.05, 0) is 42.0 Å². The first kappa shape index (κ1) is 21.8. The Hall–Kier alpha value is -2.90. The van der Waals surface area contributed by atoms with Crippen molar-refractivity contribution < 1.29 is 18.3 Å². The first-order valence-electron chi connectivity index (χ1n) is 9.34. The van der Waals surface area contributed by atoms with Gasteiger partial charge in [-0.3, -0.25) is 0 Å². The third-order valence-corrected chi connectivity index (χ3v) is 4.78. The number of amides is 2. The number of nitrogens with zero attached hydrogens (tertiary/aromatic N) is 2. The van der Waals surface area contributed by atoms with Crippen LogP contribution in [0.2, 0.25) is 5.02 Å². The van der Waals surface area contributed by atoms with Gasteiger partial charge in [0, 0.05) is 48.9 Å². The summed E-state index contributed by atoms with van der Waals surface area (Å²) in [6.45, 7) is 1.58. The number of hydrogen-bond donors (Lipinski definition) is 1. The van der Waals surface area contributed by atoms with Crippen LogP contribution in [0.4, 0.5) is 19.3 Å². The van der Waals surface area contributed by atoms with Crippen molar-refractivity contribution in [3.8, 4) is 0 Å². The number of rotatable bonds is 8. The molecule has 3 aromatic rings. The Morgan fingerprint density at radius 1 is 1.13 bits per heavy atom. The van der Waals surface area contributed by atoms with E-state index < -0.39 is 17.7 Å². The van der Waals surface area contributed by atoms with Crippen LogP contribution in [-0.4, -0.2) is 35.8 Å². The van der Waals surface area contributed by atoms with Crippen LogP contribution in [0.3, 0.4) is 0 Å². The van der Waals surface area contributed by atoms with Crippen molar-refractivity contribution in [2.45, 2.75) is 13.1 Å². The van der Waals surface area contributed by atoms with Crippen molar-refractivity contribution in [3.63, 3.8) is 0 Å². The minimum Gasteiger partial charge on any atom is -0.383 e. The van der Waals surface area contributed by atoms with Gasteiger partial charge < -0.3 is 19.5 Å². The highest BCUT2D eigenvalue weighted by atomic mass is 35.5. The van der Waals surface area contributed by atoms with E-state index in [0.717, 1.165) is 23.4 Å². The van der Waals surface area contributed by atoms with E-state index in [-0.39, 0.29) is 5.69 Å². The Balaban J connectivity index is 1.74. The van der Waals surface area contributed by atoms with Crippen molar-refractivity contribution in [2.75, 3.05) is 25.6 Å². The number of methoxy groups -OCH3 is 1.